The molecule has 2 atom stereocenters. The molecule has 156 valence electrons. The van der Waals surface area contributed by atoms with Crippen molar-refractivity contribution in [3.05, 3.63) is 71.3 Å². The molecule has 1 saturated heterocycles. The van der Waals surface area contributed by atoms with E-state index in [0.29, 0.717) is 18.7 Å². The van der Waals surface area contributed by atoms with Gasteiger partial charge in [-0.3, -0.25) is 19.5 Å². The largest absolute Gasteiger partial charge is 0.297 e. The molecular formula is C24H25FN2O2S. The number of aromatic nitrogens is 1. The van der Waals surface area contributed by atoms with E-state index < -0.39 is 6.04 Å². The Morgan fingerprint density at radius 2 is 1.93 bits per heavy atom. The Labute approximate surface area is 180 Å². The molecule has 1 aliphatic carbocycles. The van der Waals surface area contributed by atoms with Gasteiger partial charge in [-0.05, 0) is 49.1 Å². The molecule has 2 aromatic rings. The summed E-state index contributed by atoms with van der Waals surface area (Å²) in [6, 6.07) is 11.7. The molecule has 30 heavy (non-hydrogen) atoms. The maximum Gasteiger partial charge on any atom is 0.186 e. The summed E-state index contributed by atoms with van der Waals surface area (Å²) < 4.78 is 14.7. The van der Waals surface area contributed by atoms with Gasteiger partial charge in [-0.2, -0.15) is 0 Å². The standard InChI is InChI=1S/C24H25FN2O2S/c1-16(28)30-22-11-13-27(15-18(22)14-19-6-4-5-12-26-19)23(24(29)17-9-10-17)20-7-2-3-8-21(20)25/h2-8,12,14,17,22-23H,9-11,13,15H2,1H3. The Morgan fingerprint density at radius 3 is 2.60 bits per heavy atom. The molecular weight excluding hydrogens is 399 g/mol. The van der Waals surface area contributed by atoms with Crippen molar-refractivity contribution in [3.63, 3.8) is 0 Å². The number of hydrogen-bond acceptors (Lipinski definition) is 5. The Kier molecular flexibility index (Phi) is 6.44. The molecule has 4 rings (SSSR count). The number of likely N-dealkylation sites (tertiary alicyclic amines) is 1. The van der Waals surface area contributed by atoms with E-state index in [2.05, 4.69) is 9.88 Å². The molecule has 4 nitrogen and oxygen atoms in total. The normalized spacial score (nSPS) is 22.1. The summed E-state index contributed by atoms with van der Waals surface area (Å²) in [5.74, 6) is -0.205. The molecule has 0 bridgehead atoms. The van der Waals surface area contributed by atoms with E-state index in [1.54, 1.807) is 31.3 Å². The lowest BCUT2D eigenvalue weighted by Gasteiger charge is -2.38. The van der Waals surface area contributed by atoms with Gasteiger partial charge in [0.05, 0.1) is 11.7 Å². The molecule has 6 heteroatoms. The first-order valence-corrected chi connectivity index (χ1v) is 11.2. The molecule has 1 saturated carbocycles. The predicted molar refractivity (Wildman–Crippen MR) is 117 cm³/mol. The molecule has 1 aromatic heterocycles. The molecule has 0 radical (unpaired) electrons. The van der Waals surface area contributed by atoms with Crippen LogP contribution in [0.4, 0.5) is 4.39 Å². The third-order valence-corrected chi connectivity index (χ3v) is 6.78. The maximum absolute atomic E-state index is 14.7. The number of ketones is 1. The van der Waals surface area contributed by atoms with E-state index in [-0.39, 0.29) is 27.9 Å². The fraction of sp³-hybridized carbons (Fsp3) is 0.375. The summed E-state index contributed by atoms with van der Waals surface area (Å²) in [5.41, 5.74) is 2.31. The van der Waals surface area contributed by atoms with Gasteiger partial charge >= 0.3 is 0 Å². The Morgan fingerprint density at radius 1 is 1.17 bits per heavy atom. The second-order valence-electron chi connectivity index (χ2n) is 7.93. The minimum Gasteiger partial charge on any atom is -0.297 e. The fourth-order valence-corrected chi connectivity index (χ4v) is 4.96. The number of carbonyl (C=O) groups excluding carboxylic acids is 2. The smallest absolute Gasteiger partial charge is 0.186 e. The van der Waals surface area contributed by atoms with Crippen molar-refractivity contribution in [1.82, 2.24) is 9.88 Å². The van der Waals surface area contributed by atoms with Gasteiger partial charge in [0.1, 0.15) is 5.82 Å². The van der Waals surface area contributed by atoms with Crippen LogP contribution >= 0.6 is 11.8 Å². The summed E-state index contributed by atoms with van der Waals surface area (Å²) in [7, 11) is 0. The highest BCUT2D eigenvalue weighted by Gasteiger charge is 2.41. The van der Waals surface area contributed by atoms with Gasteiger partial charge < -0.3 is 0 Å². The number of pyridine rings is 1. The van der Waals surface area contributed by atoms with Crippen molar-refractivity contribution in [3.8, 4) is 0 Å². The molecule has 0 N–H and O–H groups in total. The van der Waals surface area contributed by atoms with E-state index in [4.69, 9.17) is 0 Å². The molecule has 1 aliphatic heterocycles. The van der Waals surface area contributed by atoms with Crippen molar-refractivity contribution in [2.45, 2.75) is 37.5 Å². The summed E-state index contributed by atoms with van der Waals surface area (Å²) in [6.45, 7) is 2.73. The van der Waals surface area contributed by atoms with Crippen LogP contribution in [0.1, 0.15) is 43.5 Å². The highest BCUT2D eigenvalue weighted by Crippen LogP contribution is 2.40. The molecule has 2 aliphatic rings. The van der Waals surface area contributed by atoms with Crippen LogP contribution < -0.4 is 0 Å². The Hall–Kier alpha value is -2.31. The van der Waals surface area contributed by atoms with Crippen molar-refractivity contribution < 1.29 is 14.0 Å². The number of halogens is 1. The van der Waals surface area contributed by atoms with Crippen LogP contribution in [0.15, 0.2) is 54.2 Å². The van der Waals surface area contributed by atoms with Crippen molar-refractivity contribution >= 4 is 28.7 Å². The molecule has 2 fully saturated rings. The number of thioether (sulfide) groups is 1. The summed E-state index contributed by atoms with van der Waals surface area (Å²) in [5, 5.41) is 0.109. The lowest BCUT2D eigenvalue weighted by atomic mass is 9.93. The molecule has 2 heterocycles. The zero-order valence-electron chi connectivity index (χ0n) is 17.0. The Bertz CT molecular complexity index is 959. The quantitative estimate of drug-likeness (QED) is 0.674. The fourth-order valence-electron chi connectivity index (χ4n) is 4.05. The second-order valence-corrected chi connectivity index (χ2v) is 9.31. The molecule has 1 aromatic carbocycles. The number of benzene rings is 1. The molecule has 2 unspecified atom stereocenters. The van der Waals surface area contributed by atoms with E-state index in [0.717, 1.165) is 30.5 Å². The van der Waals surface area contributed by atoms with Crippen LogP contribution in [0.2, 0.25) is 0 Å². The zero-order chi connectivity index (χ0) is 21.1. The van der Waals surface area contributed by atoms with E-state index >= 15 is 0 Å². The third-order valence-electron chi connectivity index (χ3n) is 5.62. The zero-order valence-corrected chi connectivity index (χ0v) is 17.8. The highest BCUT2D eigenvalue weighted by atomic mass is 32.2. The average molecular weight is 425 g/mol. The van der Waals surface area contributed by atoms with E-state index in [9.17, 15) is 14.0 Å². The topological polar surface area (TPSA) is 50.3 Å². The minimum atomic E-state index is -0.589. The van der Waals surface area contributed by atoms with Crippen LogP contribution in [0.5, 0.6) is 0 Å². The van der Waals surface area contributed by atoms with Gasteiger partial charge in [-0.25, -0.2) is 4.39 Å². The first kappa shape index (κ1) is 20.9. The van der Waals surface area contributed by atoms with E-state index in [1.807, 2.05) is 24.3 Å². The maximum atomic E-state index is 14.7. The third kappa shape index (κ3) is 4.87. The number of carbonyl (C=O) groups is 2. The van der Waals surface area contributed by atoms with Gasteiger partial charge in [0.25, 0.3) is 0 Å². The predicted octanol–water partition coefficient (Wildman–Crippen LogP) is 4.68. The Balaban J connectivity index is 1.67. The number of piperidine rings is 1. The molecule has 0 spiro atoms. The SMILES string of the molecule is CC(=O)SC1CCN(C(C(=O)C2CC2)c2ccccc2F)CC1=Cc1ccccn1. The van der Waals surface area contributed by atoms with Gasteiger partial charge in [-0.1, -0.05) is 36.0 Å². The van der Waals surface area contributed by atoms with Crippen LogP contribution in [0, 0.1) is 11.7 Å². The van der Waals surface area contributed by atoms with Crippen LogP contribution in [0.3, 0.4) is 0 Å². The highest BCUT2D eigenvalue weighted by molar-refractivity contribution is 8.14. The van der Waals surface area contributed by atoms with Gasteiger partial charge in [-0.15, -0.1) is 0 Å². The number of nitrogens with zero attached hydrogens (tertiary/aromatic N) is 2. The number of rotatable bonds is 6. The van der Waals surface area contributed by atoms with Crippen LogP contribution in [-0.2, 0) is 9.59 Å². The average Bonchev–Trinajstić information content (AvgIpc) is 3.57. The molecule has 0 amide bonds. The van der Waals surface area contributed by atoms with Gasteiger partial charge in [0.2, 0.25) is 0 Å². The number of Topliss-reactive ketones (excluding diaryl/α,β-unsaturated/α-hetero) is 1. The number of hydrogen-bond donors (Lipinski definition) is 0. The van der Waals surface area contributed by atoms with Crippen molar-refractivity contribution in [1.29, 1.82) is 0 Å². The second kappa shape index (κ2) is 9.23. The summed E-state index contributed by atoms with van der Waals surface area (Å²) in [4.78, 5) is 31.4. The minimum absolute atomic E-state index is 0.0298. The first-order valence-electron chi connectivity index (χ1n) is 10.3. The van der Waals surface area contributed by atoms with Crippen molar-refractivity contribution in [2.24, 2.45) is 5.92 Å². The van der Waals surface area contributed by atoms with E-state index in [1.165, 1.54) is 17.8 Å². The lowest BCUT2D eigenvalue weighted by Crippen LogP contribution is -2.43. The van der Waals surface area contributed by atoms with Crippen LogP contribution in [0.25, 0.3) is 6.08 Å². The summed E-state index contributed by atoms with van der Waals surface area (Å²) in [6.07, 6.45) is 6.24. The lowest BCUT2D eigenvalue weighted by molar-refractivity contribution is -0.126. The monoisotopic (exact) mass is 424 g/mol. The summed E-state index contributed by atoms with van der Waals surface area (Å²) >= 11 is 1.32. The first-order chi connectivity index (χ1) is 14.5. The van der Waals surface area contributed by atoms with Crippen molar-refractivity contribution in [2.75, 3.05) is 13.1 Å². The van der Waals surface area contributed by atoms with Gasteiger partial charge in [0, 0.05) is 42.9 Å². The van der Waals surface area contributed by atoms with Gasteiger partial charge in [0.15, 0.2) is 10.9 Å². The van der Waals surface area contributed by atoms with Crippen LogP contribution in [-0.4, -0.2) is 39.1 Å².